The molecule has 0 spiro atoms. The van der Waals surface area contributed by atoms with Crippen molar-refractivity contribution < 1.29 is 9.53 Å². The Morgan fingerprint density at radius 1 is 1.00 bits per heavy atom. The molecule has 3 aromatic carbocycles. The highest BCUT2D eigenvalue weighted by atomic mass is 16.5. The summed E-state index contributed by atoms with van der Waals surface area (Å²) in [6.45, 7) is 7.74. The fourth-order valence-electron chi connectivity index (χ4n) is 3.78. The zero-order valence-corrected chi connectivity index (χ0v) is 19.7. The first-order valence-corrected chi connectivity index (χ1v) is 11.7. The monoisotopic (exact) mass is 440 g/mol. The van der Waals surface area contributed by atoms with Gasteiger partial charge in [-0.3, -0.25) is 4.79 Å². The molecule has 33 heavy (non-hydrogen) atoms. The van der Waals surface area contributed by atoms with E-state index in [0.717, 1.165) is 46.7 Å². The third-order valence-electron chi connectivity index (χ3n) is 6.12. The van der Waals surface area contributed by atoms with E-state index in [1.54, 1.807) is 0 Å². The number of benzene rings is 3. The van der Waals surface area contributed by atoms with Crippen molar-refractivity contribution in [3.8, 4) is 16.9 Å². The van der Waals surface area contributed by atoms with E-state index in [1.807, 2.05) is 24.3 Å². The van der Waals surface area contributed by atoms with E-state index in [4.69, 9.17) is 4.74 Å². The number of hydrogen-bond donors (Lipinski definition) is 2. The summed E-state index contributed by atoms with van der Waals surface area (Å²) in [4.78, 5) is 13.0. The Morgan fingerprint density at radius 3 is 2.45 bits per heavy atom. The molecule has 1 heterocycles. The number of carbonyl (C=O) groups excluding carboxylic acids is 1. The summed E-state index contributed by atoms with van der Waals surface area (Å²) >= 11 is 0. The summed E-state index contributed by atoms with van der Waals surface area (Å²) < 4.78 is 5.92. The fraction of sp³-hybridized carbons (Fsp3) is 0.276. The van der Waals surface area contributed by atoms with Gasteiger partial charge in [-0.25, -0.2) is 0 Å². The van der Waals surface area contributed by atoms with E-state index in [0.29, 0.717) is 19.1 Å². The van der Waals surface area contributed by atoms with Crippen LogP contribution in [0.2, 0.25) is 0 Å². The van der Waals surface area contributed by atoms with Crippen molar-refractivity contribution in [2.75, 3.05) is 11.9 Å². The summed E-state index contributed by atoms with van der Waals surface area (Å²) in [5, 5.41) is 6.53. The van der Waals surface area contributed by atoms with Gasteiger partial charge in [0.2, 0.25) is 0 Å². The second kappa shape index (κ2) is 10.5. The molecule has 4 nitrogen and oxygen atoms in total. The van der Waals surface area contributed by atoms with Crippen LogP contribution in [0.4, 0.5) is 5.69 Å². The molecule has 170 valence electrons. The van der Waals surface area contributed by atoms with Crippen LogP contribution in [0.3, 0.4) is 0 Å². The fourth-order valence-corrected chi connectivity index (χ4v) is 3.78. The van der Waals surface area contributed by atoms with Crippen molar-refractivity contribution in [2.24, 2.45) is 0 Å². The summed E-state index contributed by atoms with van der Waals surface area (Å²) in [5.74, 6) is 0.726. The maximum atomic E-state index is 13.0. The first-order valence-electron chi connectivity index (χ1n) is 11.7. The van der Waals surface area contributed by atoms with Crippen LogP contribution in [0.5, 0.6) is 5.75 Å². The minimum Gasteiger partial charge on any atom is -0.493 e. The van der Waals surface area contributed by atoms with Gasteiger partial charge in [-0.2, -0.15) is 0 Å². The molecule has 0 aliphatic carbocycles. The first kappa shape index (κ1) is 22.8. The second-order valence-corrected chi connectivity index (χ2v) is 8.73. The molecule has 0 saturated carbocycles. The summed E-state index contributed by atoms with van der Waals surface area (Å²) in [6, 6.07) is 23.1. The number of hydrogen-bond acceptors (Lipinski definition) is 3. The van der Waals surface area contributed by atoms with Gasteiger partial charge in [0.05, 0.1) is 6.61 Å². The zero-order valence-electron chi connectivity index (χ0n) is 19.7. The lowest BCUT2D eigenvalue weighted by atomic mass is 10.00. The molecule has 4 heteroatoms. The van der Waals surface area contributed by atoms with E-state index in [1.165, 1.54) is 11.1 Å². The molecule has 1 atom stereocenters. The van der Waals surface area contributed by atoms with Crippen LogP contribution in [-0.2, 0) is 11.3 Å². The van der Waals surface area contributed by atoms with Gasteiger partial charge in [0.1, 0.15) is 5.75 Å². The molecule has 1 aliphatic rings. The third-order valence-corrected chi connectivity index (χ3v) is 6.12. The van der Waals surface area contributed by atoms with E-state index in [-0.39, 0.29) is 5.91 Å². The second-order valence-electron chi connectivity index (χ2n) is 8.73. The van der Waals surface area contributed by atoms with Gasteiger partial charge in [0, 0.05) is 35.8 Å². The van der Waals surface area contributed by atoms with E-state index in [9.17, 15) is 4.79 Å². The number of fused-ring (bicyclic) bond motifs is 1. The van der Waals surface area contributed by atoms with Gasteiger partial charge in [-0.05, 0) is 67.3 Å². The number of carbonyl (C=O) groups is 1. The van der Waals surface area contributed by atoms with Crippen molar-refractivity contribution in [1.29, 1.82) is 0 Å². The molecular formula is C29H32N2O2. The van der Waals surface area contributed by atoms with Gasteiger partial charge in [-0.15, -0.1) is 0 Å². The number of amides is 1. The Labute approximate surface area is 196 Å². The van der Waals surface area contributed by atoms with Crippen molar-refractivity contribution in [1.82, 2.24) is 5.32 Å². The summed E-state index contributed by atoms with van der Waals surface area (Å²) in [5.41, 5.74) is 7.14. The van der Waals surface area contributed by atoms with Crippen LogP contribution in [0.25, 0.3) is 17.2 Å². The largest absolute Gasteiger partial charge is 0.493 e. The van der Waals surface area contributed by atoms with Crippen molar-refractivity contribution >= 4 is 17.7 Å². The molecule has 1 unspecified atom stereocenters. The van der Waals surface area contributed by atoms with Gasteiger partial charge < -0.3 is 15.4 Å². The Kier molecular flexibility index (Phi) is 7.26. The predicted octanol–water partition coefficient (Wildman–Crippen LogP) is 6.35. The predicted molar refractivity (Wildman–Crippen MR) is 136 cm³/mol. The molecule has 3 aromatic rings. The quantitative estimate of drug-likeness (QED) is 0.450. The van der Waals surface area contributed by atoms with Crippen molar-refractivity contribution in [2.45, 2.75) is 46.2 Å². The Balaban J connectivity index is 1.48. The van der Waals surface area contributed by atoms with Crippen molar-refractivity contribution in [3.05, 3.63) is 89.0 Å². The lowest BCUT2D eigenvalue weighted by Gasteiger charge is -2.12. The third kappa shape index (κ3) is 5.91. The van der Waals surface area contributed by atoms with E-state index < -0.39 is 0 Å². The molecule has 1 amide bonds. The maximum absolute atomic E-state index is 13.0. The van der Waals surface area contributed by atoms with Gasteiger partial charge in [0.25, 0.3) is 5.91 Å². The van der Waals surface area contributed by atoms with Gasteiger partial charge >= 0.3 is 0 Å². The van der Waals surface area contributed by atoms with Crippen LogP contribution < -0.4 is 15.4 Å². The number of nitrogens with one attached hydrogen (secondary N) is 2. The van der Waals surface area contributed by atoms with Crippen LogP contribution in [0.15, 0.2) is 72.3 Å². The first-order chi connectivity index (χ1) is 16.0. The Bertz CT molecular complexity index is 1130. The average molecular weight is 441 g/mol. The lowest BCUT2D eigenvalue weighted by Crippen LogP contribution is -2.24. The highest BCUT2D eigenvalue weighted by Crippen LogP contribution is 2.31. The molecule has 1 aliphatic heterocycles. The normalized spacial score (nSPS) is 13.8. The van der Waals surface area contributed by atoms with Crippen LogP contribution in [0.1, 0.15) is 43.4 Å². The zero-order chi connectivity index (χ0) is 23.2. The average Bonchev–Trinajstić information content (AvgIpc) is 3.06. The maximum Gasteiger partial charge on any atom is 0.251 e. The number of aryl methyl sites for hydroxylation is 1. The molecule has 2 N–H and O–H groups in total. The number of ether oxygens (including phenoxy) is 1. The molecule has 0 saturated heterocycles. The highest BCUT2D eigenvalue weighted by molar-refractivity contribution is 6.07. The molecule has 0 aromatic heterocycles. The van der Waals surface area contributed by atoms with Crippen LogP contribution in [0, 0.1) is 6.92 Å². The van der Waals surface area contributed by atoms with E-state index in [2.05, 4.69) is 79.9 Å². The van der Waals surface area contributed by atoms with Gasteiger partial charge in [0.15, 0.2) is 0 Å². The molecular weight excluding hydrogens is 408 g/mol. The lowest BCUT2D eigenvalue weighted by molar-refractivity contribution is -0.113. The molecule has 0 radical (unpaired) electrons. The smallest absolute Gasteiger partial charge is 0.251 e. The van der Waals surface area contributed by atoms with E-state index >= 15 is 0 Å². The minimum atomic E-state index is -0.0855. The summed E-state index contributed by atoms with van der Waals surface area (Å²) in [7, 11) is 0. The van der Waals surface area contributed by atoms with Gasteiger partial charge in [-0.1, -0.05) is 55.0 Å². The molecule has 4 rings (SSSR count). The topological polar surface area (TPSA) is 50.4 Å². The molecule has 0 bridgehead atoms. The van der Waals surface area contributed by atoms with Crippen LogP contribution in [-0.4, -0.2) is 18.6 Å². The number of anilines is 1. The highest BCUT2D eigenvalue weighted by Gasteiger charge is 2.16. The summed E-state index contributed by atoms with van der Waals surface area (Å²) in [6.07, 6.45) is 3.62. The standard InChI is InChI=1S/C29H32N2O2/c1-4-21(3)30-19-22-7-12-27(13-8-22)31-29(32)25-15-16-33-28-14-11-24(17-26(28)18-25)23-9-5-20(2)6-10-23/h5-14,17-18,21,30H,4,15-16,19H2,1-3H3,(H,31,32). The Hall–Kier alpha value is -3.37. The Morgan fingerprint density at radius 2 is 1.73 bits per heavy atom. The SMILES string of the molecule is CCC(C)NCc1ccc(NC(=O)C2=Cc3cc(-c4ccc(C)cc4)ccc3OCC2)cc1. The molecule has 0 fully saturated rings. The van der Waals surface area contributed by atoms with Crippen molar-refractivity contribution in [3.63, 3.8) is 0 Å². The number of rotatable bonds is 7. The minimum absolute atomic E-state index is 0.0855. The van der Waals surface area contributed by atoms with Crippen LogP contribution >= 0.6 is 0 Å².